The fourth-order valence-corrected chi connectivity index (χ4v) is 2.30. The van der Waals surface area contributed by atoms with E-state index in [0.29, 0.717) is 0 Å². The van der Waals surface area contributed by atoms with E-state index in [4.69, 9.17) is 4.42 Å². The van der Waals surface area contributed by atoms with Crippen molar-refractivity contribution in [2.45, 2.75) is 10.4 Å². The van der Waals surface area contributed by atoms with Crippen molar-refractivity contribution in [1.82, 2.24) is 10.6 Å². The molecule has 9 heteroatoms. The highest BCUT2D eigenvalue weighted by Crippen LogP contribution is 2.36. The monoisotopic (exact) mass is 358 g/mol. The number of carbonyl (C=O) groups excluding carboxylic acids is 2. The van der Waals surface area contributed by atoms with Crippen LogP contribution in [0.3, 0.4) is 0 Å². The SMILES string of the molecule is O=C(NCCNC(=O)c1ccco1)c1ccc(SC(F)(F)F)cc1. The second kappa shape index (κ2) is 7.91. The summed E-state index contributed by atoms with van der Waals surface area (Å²) in [7, 11) is 0. The van der Waals surface area contributed by atoms with E-state index in [0.717, 1.165) is 0 Å². The first kappa shape index (κ1) is 17.9. The van der Waals surface area contributed by atoms with Crippen LogP contribution in [0.5, 0.6) is 0 Å². The second-order valence-corrected chi connectivity index (χ2v) is 5.70. The Morgan fingerprint density at radius 1 is 1.00 bits per heavy atom. The van der Waals surface area contributed by atoms with Crippen molar-refractivity contribution < 1.29 is 27.2 Å². The van der Waals surface area contributed by atoms with Gasteiger partial charge >= 0.3 is 5.51 Å². The molecule has 2 amide bonds. The van der Waals surface area contributed by atoms with E-state index in [1.54, 1.807) is 6.07 Å². The number of furan rings is 1. The molecule has 2 rings (SSSR count). The number of halogens is 3. The van der Waals surface area contributed by atoms with Gasteiger partial charge in [-0.3, -0.25) is 9.59 Å². The van der Waals surface area contributed by atoms with Crippen LogP contribution in [0.4, 0.5) is 13.2 Å². The molecule has 0 aliphatic heterocycles. The minimum Gasteiger partial charge on any atom is -0.459 e. The quantitative estimate of drug-likeness (QED) is 0.615. The van der Waals surface area contributed by atoms with Gasteiger partial charge in [0.1, 0.15) is 0 Å². The van der Waals surface area contributed by atoms with E-state index in [2.05, 4.69) is 10.6 Å². The Hall–Kier alpha value is -2.42. The van der Waals surface area contributed by atoms with Gasteiger partial charge in [0.2, 0.25) is 0 Å². The summed E-state index contributed by atoms with van der Waals surface area (Å²) in [6, 6.07) is 8.17. The van der Waals surface area contributed by atoms with Gasteiger partial charge in [-0.1, -0.05) is 0 Å². The van der Waals surface area contributed by atoms with E-state index in [9.17, 15) is 22.8 Å². The zero-order valence-electron chi connectivity index (χ0n) is 12.2. The van der Waals surface area contributed by atoms with Gasteiger partial charge in [0.15, 0.2) is 5.76 Å². The Balaban J connectivity index is 1.75. The third kappa shape index (κ3) is 5.65. The van der Waals surface area contributed by atoms with E-state index < -0.39 is 17.3 Å². The van der Waals surface area contributed by atoms with E-state index >= 15 is 0 Å². The van der Waals surface area contributed by atoms with Gasteiger partial charge in [-0.05, 0) is 48.2 Å². The Bertz CT molecular complexity index is 685. The molecule has 24 heavy (non-hydrogen) atoms. The van der Waals surface area contributed by atoms with Crippen molar-refractivity contribution in [2.75, 3.05) is 13.1 Å². The summed E-state index contributed by atoms with van der Waals surface area (Å²) >= 11 is -0.244. The molecule has 5 nitrogen and oxygen atoms in total. The van der Waals surface area contributed by atoms with Crippen LogP contribution in [0.2, 0.25) is 0 Å². The largest absolute Gasteiger partial charge is 0.459 e. The summed E-state index contributed by atoms with van der Waals surface area (Å²) in [6.45, 7) is 0.359. The summed E-state index contributed by atoms with van der Waals surface area (Å²) in [5, 5.41) is 5.11. The fourth-order valence-electron chi connectivity index (χ4n) is 1.76. The fraction of sp³-hybridized carbons (Fsp3) is 0.200. The number of benzene rings is 1. The summed E-state index contributed by atoms with van der Waals surface area (Å²) < 4.78 is 41.6. The summed E-state index contributed by atoms with van der Waals surface area (Å²) in [5.74, 6) is -0.673. The molecular formula is C15H13F3N2O3S. The molecule has 128 valence electrons. The van der Waals surface area contributed by atoms with E-state index in [1.807, 2.05) is 0 Å². The number of alkyl halides is 3. The molecule has 0 saturated carbocycles. The summed E-state index contributed by atoms with van der Waals surface area (Å²) in [4.78, 5) is 23.4. The molecule has 0 bridgehead atoms. The van der Waals surface area contributed by atoms with Crippen LogP contribution in [0, 0.1) is 0 Å². The van der Waals surface area contributed by atoms with Gasteiger partial charge in [0.25, 0.3) is 11.8 Å². The Kier molecular flexibility index (Phi) is 5.91. The normalized spacial score (nSPS) is 11.1. The van der Waals surface area contributed by atoms with Gasteiger partial charge in [-0.2, -0.15) is 13.2 Å². The van der Waals surface area contributed by atoms with Crippen molar-refractivity contribution in [2.24, 2.45) is 0 Å². The third-order valence-electron chi connectivity index (χ3n) is 2.79. The van der Waals surface area contributed by atoms with Gasteiger partial charge < -0.3 is 15.1 Å². The second-order valence-electron chi connectivity index (χ2n) is 4.56. The lowest BCUT2D eigenvalue weighted by Crippen LogP contribution is -2.34. The molecule has 0 fully saturated rings. The topological polar surface area (TPSA) is 71.3 Å². The van der Waals surface area contributed by atoms with Crippen LogP contribution < -0.4 is 10.6 Å². The average Bonchev–Trinajstić information content (AvgIpc) is 3.04. The third-order valence-corrected chi connectivity index (χ3v) is 3.53. The van der Waals surface area contributed by atoms with Crippen molar-refractivity contribution >= 4 is 23.6 Å². The smallest absolute Gasteiger partial charge is 0.446 e. The molecule has 0 unspecified atom stereocenters. The van der Waals surface area contributed by atoms with Crippen molar-refractivity contribution in [3.8, 4) is 0 Å². The zero-order chi connectivity index (χ0) is 17.6. The van der Waals surface area contributed by atoms with Crippen LogP contribution in [0.25, 0.3) is 0 Å². The molecule has 1 heterocycles. The number of rotatable bonds is 6. The number of amides is 2. The molecular weight excluding hydrogens is 345 g/mol. The maximum absolute atomic E-state index is 12.2. The van der Waals surface area contributed by atoms with Crippen molar-refractivity contribution in [3.63, 3.8) is 0 Å². The lowest BCUT2D eigenvalue weighted by molar-refractivity contribution is -0.0328. The molecule has 0 saturated heterocycles. The highest BCUT2D eigenvalue weighted by molar-refractivity contribution is 8.00. The first-order chi connectivity index (χ1) is 11.3. The van der Waals surface area contributed by atoms with Crippen molar-refractivity contribution in [3.05, 3.63) is 54.0 Å². The number of carbonyl (C=O) groups is 2. The van der Waals surface area contributed by atoms with Gasteiger partial charge in [0, 0.05) is 23.5 Å². The van der Waals surface area contributed by atoms with Crippen LogP contribution in [-0.4, -0.2) is 30.4 Å². The molecule has 0 aliphatic carbocycles. The highest BCUT2D eigenvalue weighted by Gasteiger charge is 2.29. The van der Waals surface area contributed by atoms with Crippen LogP contribution in [0.1, 0.15) is 20.9 Å². The maximum Gasteiger partial charge on any atom is 0.446 e. The average molecular weight is 358 g/mol. The first-order valence-corrected chi connectivity index (χ1v) is 7.62. The molecule has 2 N–H and O–H groups in total. The van der Waals surface area contributed by atoms with Crippen LogP contribution in [0.15, 0.2) is 52.0 Å². The minimum absolute atomic E-state index is 0.00441. The highest BCUT2D eigenvalue weighted by atomic mass is 32.2. The summed E-state index contributed by atoms with van der Waals surface area (Å²) in [5.41, 5.74) is -4.13. The first-order valence-electron chi connectivity index (χ1n) is 6.81. The number of thioether (sulfide) groups is 1. The minimum atomic E-state index is -4.37. The lowest BCUT2D eigenvalue weighted by Gasteiger charge is -2.08. The van der Waals surface area contributed by atoms with E-state index in [-0.39, 0.29) is 41.1 Å². The summed E-state index contributed by atoms with van der Waals surface area (Å²) in [6.07, 6.45) is 1.37. The predicted octanol–water partition coefficient (Wildman–Crippen LogP) is 3.05. The van der Waals surface area contributed by atoms with Gasteiger partial charge in [0.05, 0.1) is 6.26 Å². The lowest BCUT2D eigenvalue weighted by atomic mass is 10.2. The molecule has 0 atom stereocenters. The zero-order valence-corrected chi connectivity index (χ0v) is 13.0. The van der Waals surface area contributed by atoms with Crippen molar-refractivity contribution in [1.29, 1.82) is 0 Å². The van der Waals surface area contributed by atoms with Gasteiger partial charge in [-0.15, -0.1) is 0 Å². The van der Waals surface area contributed by atoms with Crippen LogP contribution >= 0.6 is 11.8 Å². The number of hydrogen-bond acceptors (Lipinski definition) is 4. The molecule has 2 aromatic rings. The number of nitrogens with one attached hydrogen (secondary N) is 2. The molecule has 0 radical (unpaired) electrons. The molecule has 1 aromatic carbocycles. The van der Waals surface area contributed by atoms with E-state index in [1.165, 1.54) is 36.6 Å². The molecule has 1 aromatic heterocycles. The van der Waals surface area contributed by atoms with Gasteiger partial charge in [-0.25, -0.2) is 0 Å². The Labute approximate surface area is 139 Å². The number of hydrogen-bond donors (Lipinski definition) is 2. The Morgan fingerprint density at radius 3 is 2.17 bits per heavy atom. The standard InChI is InChI=1S/C15H13F3N2O3S/c16-15(17,18)24-11-5-3-10(4-6-11)13(21)19-7-8-20-14(22)12-2-1-9-23-12/h1-6,9H,7-8H2,(H,19,21)(H,20,22). The van der Waals surface area contributed by atoms with Crippen LogP contribution in [-0.2, 0) is 0 Å². The molecule has 0 spiro atoms. The molecule has 0 aliphatic rings. The Morgan fingerprint density at radius 2 is 1.62 bits per heavy atom. The predicted molar refractivity (Wildman–Crippen MR) is 81.7 cm³/mol. The maximum atomic E-state index is 12.2.